The molecule has 0 saturated heterocycles. The molecule has 0 atom stereocenters. The Morgan fingerprint density at radius 1 is 1.18 bits per heavy atom. The second kappa shape index (κ2) is 3.96. The van der Waals surface area contributed by atoms with Crippen molar-refractivity contribution in [2.45, 2.75) is 11.4 Å². The van der Waals surface area contributed by atoms with Gasteiger partial charge in [0, 0.05) is 6.54 Å². The van der Waals surface area contributed by atoms with Crippen LogP contribution in [-0.2, 0) is 6.54 Å². The lowest BCUT2D eigenvalue weighted by Gasteiger charge is -2.01. The van der Waals surface area contributed by atoms with Crippen molar-refractivity contribution in [2.24, 2.45) is 5.73 Å². The fourth-order valence-corrected chi connectivity index (χ4v) is 1.09. The maximum Gasteiger partial charge on any atom is 0.132 e. The summed E-state index contributed by atoms with van der Waals surface area (Å²) in [5.41, 5.74) is 7.40. The maximum absolute atomic E-state index is 5.63. The molecule has 0 amide bonds. The number of hydrogen-bond donors (Lipinski definition) is 1. The number of hydrogen-bond acceptors (Lipinski definition) is 1. The van der Waals surface area contributed by atoms with Crippen molar-refractivity contribution >= 4 is 23.2 Å². The zero-order valence-electron chi connectivity index (χ0n) is 5.93. The summed E-state index contributed by atoms with van der Waals surface area (Å²) >= 11 is 11.3. The molecule has 3 heteroatoms. The second-order valence-electron chi connectivity index (χ2n) is 2.25. The molecule has 0 fully saturated rings. The molecule has 0 saturated carbocycles. The molecule has 1 aromatic rings. The summed E-state index contributed by atoms with van der Waals surface area (Å²) in [4.78, 5) is -0.443. The van der Waals surface area contributed by atoms with Gasteiger partial charge in [0.2, 0.25) is 0 Å². The molecule has 0 aromatic heterocycles. The normalized spacial score (nSPS) is 10.5. The fraction of sp³-hybridized carbons (Fsp3) is 0.250. The summed E-state index contributed by atoms with van der Waals surface area (Å²) < 4.78 is 0. The molecule has 1 aromatic carbocycles. The van der Waals surface area contributed by atoms with Crippen LogP contribution in [-0.4, -0.2) is 0 Å². The Labute approximate surface area is 76.1 Å². The average molecular weight is 190 g/mol. The molecule has 0 bridgehead atoms. The highest BCUT2D eigenvalue weighted by atomic mass is 35.5. The van der Waals surface area contributed by atoms with Gasteiger partial charge in [-0.15, -0.1) is 23.2 Å². The Morgan fingerprint density at radius 3 is 2.09 bits per heavy atom. The third-order valence-corrected chi connectivity index (χ3v) is 1.97. The molecule has 0 spiro atoms. The molecule has 0 aliphatic rings. The summed E-state index contributed by atoms with van der Waals surface area (Å²) in [5, 5.41) is 0. The van der Waals surface area contributed by atoms with Gasteiger partial charge in [-0.1, -0.05) is 24.3 Å². The molecule has 0 heterocycles. The molecular weight excluding hydrogens is 181 g/mol. The summed E-state index contributed by atoms with van der Waals surface area (Å²) in [6.07, 6.45) is 0. The van der Waals surface area contributed by atoms with Gasteiger partial charge >= 0.3 is 0 Å². The number of alkyl halides is 2. The molecule has 0 aliphatic heterocycles. The second-order valence-corrected chi connectivity index (χ2v) is 3.34. The summed E-state index contributed by atoms with van der Waals surface area (Å²) in [7, 11) is 0. The first kappa shape index (κ1) is 8.85. The van der Waals surface area contributed by atoms with Crippen LogP contribution in [0.2, 0.25) is 0 Å². The number of halogens is 2. The molecular formula is C8H9Cl2N. The zero-order valence-corrected chi connectivity index (χ0v) is 7.44. The molecule has 2 N–H and O–H groups in total. The summed E-state index contributed by atoms with van der Waals surface area (Å²) in [6, 6.07) is 7.61. The van der Waals surface area contributed by atoms with Crippen LogP contribution >= 0.6 is 23.2 Å². The first-order valence-corrected chi connectivity index (χ1v) is 4.18. The van der Waals surface area contributed by atoms with Crippen molar-refractivity contribution in [1.82, 2.24) is 0 Å². The monoisotopic (exact) mass is 189 g/mol. The van der Waals surface area contributed by atoms with E-state index in [-0.39, 0.29) is 0 Å². The molecule has 1 rings (SSSR count). The SMILES string of the molecule is NCc1ccc(C(Cl)Cl)cc1. The highest BCUT2D eigenvalue weighted by Crippen LogP contribution is 2.24. The van der Waals surface area contributed by atoms with E-state index < -0.39 is 4.84 Å². The Balaban J connectivity index is 2.83. The molecule has 0 unspecified atom stereocenters. The van der Waals surface area contributed by atoms with Crippen LogP contribution in [0.15, 0.2) is 24.3 Å². The van der Waals surface area contributed by atoms with Crippen LogP contribution in [0.5, 0.6) is 0 Å². The lowest BCUT2D eigenvalue weighted by atomic mass is 10.1. The van der Waals surface area contributed by atoms with E-state index in [9.17, 15) is 0 Å². The molecule has 1 nitrogen and oxygen atoms in total. The van der Waals surface area contributed by atoms with E-state index in [1.807, 2.05) is 24.3 Å². The Morgan fingerprint density at radius 2 is 1.73 bits per heavy atom. The molecule has 0 radical (unpaired) electrons. The minimum Gasteiger partial charge on any atom is -0.326 e. The quantitative estimate of drug-likeness (QED) is 0.712. The molecule has 0 aliphatic carbocycles. The van der Waals surface area contributed by atoms with E-state index in [1.165, 1.54) is 0 Å². The predicted octanol–water partition coefficient (Wildman–Crippen LogP) is 2.62. The topological polar surface area (TPSA) is 26.0 Å². The van der Waals surface area contributed by atoms with Crippen molar-refractivity contribution in [2.75, 3.05) is 0 Å². The van der Waals surface area contributed by atoms with E-state index in [2.05, 4.69) is 0 Å². The van der Waals surface area contributed by atoms with Crippen molar-refractivity contribution in [3.05, 3.63) is 35.4 Å². The van der Waals surface area contributed by atoms with E-state index in [4.69, 9.17) is 28.9 Å². The molecule has 11 heavy (non-hydrogen) atoms. The van der Waals surface area contributed by atoms with Gasteiger partial charge in [-0.3, -0.25) is 0 Å². The third-order valence-electron chi connectivity index (χ3n) is 1.47. The smallest absolute Gasteiger partial charge is 0.132 e. The van der Waals surface area contributed by atoms with Gasteiger partial charge < -0.3 is 5.73 Å². The van der Waals surface area contributed by atoms with E-state index in [0.717, 1.165) is 11.1 Å². The van der Waals surface area contributed by atoms with Crippen LogP contribution in [0.3, 0.4) is 0 Å². The van der Waals surface area contributed by atoms with Gasteiger partial charge in [0.05, 0.1) is 0 Å². The van der Waals surface area contributed by atoms with Gasteiger partial charge in [0.15, 0.2) is 0 Å². The summed E-state index contributed by atoms with van der Waals surface area (Å²) in [6.45, 7) is 0.551. The fourth-order valence-electron chi connectivity index (χ4n) is 0.799. The van der Waals surface area contributed by atoms with Crippen LogP contribution < -0.4 is 5.73 Å². The Bertz CT molecular complexity index is 218. The lowest BCUT2D eigenvalue weighted by Crippen LogP contribution is -1.95. The number of rotatable bonds is 2. The standard InChI is InChI=1S/C8H9Cl2N/c9-8(10)7-3-1-6(5-11)2-4-7/h1-4,8H,5,11H2. The first-order chi connectivity index (χ1) is 5.24. The zero-order chi connectivity index (χ0) is 8.27. The number of nitrogens with two attached hydrogens (primary N) is 1. The van der Waals surface area contributed by atoms with Gasteiger partial charge in [-0.2, -0.15) is 0 Å². The first-order valence-electron chi connectivity index (χ1n) is 3.31. The minimum absolute atomic E-state index is 0.443. The van der Waals surface area contributed by atoms with E-state index in [1.54, 1.807) is 0 Å². The van der Waals surface area contributed by atoms with Crippen molar-refractivity contribution in [3.8, 4) is 0 Å². The molecule has 60 valence electrons. The number of benzene rings is 1. The largest absolute Gasteiger partial charge is 0.326 e. The van der Waals surface area contributed by atoms with Crippen LogP contribution in [0.1, 0.15) is 16.0 Å². The van der Waals surface area contributed by atoms with Crippen LogP contribution in [0, 0.1) is 0 Å². The third kappa shape index (κ3) is 2.37. The Hall–Kier alpha value is -0.240. The van der Waals surface area contributed by atoms with Crippen LogP contribution in [0.4, 0.5) is 0 Å². The van der Waals surface area contributed by atoms with Crippen molar-refractivity contribution < 1.29 is 0 Å². The average Bonchev–Trinajstić information content (AvgIpc) is 2.05. The van der Waals surface area contributed by atoms with Crippen molar-refractivity contribution in [3.63, 3.8) is 0 Å². The summed E-state index contributed by atoms with van der Waals surface area (Å²) in [5.74, 6) is 0. The van der Waals surface area contributed by atoms with Gasteiger partial charge in [-0.05, 0) is 11.1 Å². The lowest BCUT2D eigenvalue weighted by molar-refractivity contribution is 1.07. The van der Waals surface area contributed by atoms with Crippen molar-refractivity contribution in [1.29, 1.82) is 0 Å². The highest BCUT2D eigenvalue weighted by molar-refractivity contribution is 6.44. The van der Waals surface area contributed by atoms with Gasteiger partial charge in [0.25, 0.3) is 0 Å². The highest BCUT2D eigenvalue weighted by Gasteiger charge is 2.01. The van der Waals surface area contributed by atoms with E-state index >= 15 is 0 Å². The Kier molecular flexibility index (Phi) is 3.18. The predicted molar refractivity (Wildman–Crippen MR) is 48.8 cm³/mol. The minimum atomic E-state index is -0.443. The van der Waals surface area contributed by atoms with Gasteiger partial charge in [0.1, 0.15) is 4.84 Å². The van der Waals surface area contributed by atoms with Gasteiger partial charge in [-0.25, -0.2) is 0 Å². The van der Waals surface area contributed by atoms with E-state index in [0.29, 0.717) is 6.54 Å². The maximum atomic E-state index is 5.63. The van der Waals surface area contributed by atoms with Crippen LogP contribution in [0.25, 0.3) is 0 Å².